The van der Waals surface area contributed by atoms with Crippen LogP contribution in [-0.2, 0) is 11.2 Å². The Bertz CT molecular complexity index is 1050. The Hall–Kier alpha value is -3.30. The molecule has 0 spiro atoms. The van der Waals surface area contributed by atoms with E-state index in [1.807, 2.05) is 6.92 Å². The Labute approximate surface area is 184 Å². The highest BCUT2D eigenvalue weighted by molar-refractivity contribution is 6.02. The number of nitrogens with zero attached hydrogens (tertiary/aromatic N) is 4. The Kier molecular flexibility index (Phi) is 5.70. The number of hydrogen-bond acceptors (Lipinski definition) is 6. The second-order valence-electron chi connectivity index (χ2n) is 8.25. The van der Waals surface area contributed by atoms with Crippen LogP contribution in [0.4, 0.5) is 31.9 Å². The fraction of sp³-hybridized carbons (Fsp3) is 0.455. The first-order valence-electron chi connectivity index (χ1n) is 10.7. The van der Waals surface area contributed by atoms with Gasteiger partial charge in [-0.15, -0.1) is 0 Å². The van der Waals surface area contributed by atoms with Gasteiger partial charge in [-0.25, -0.2) is 4.98 Å². The number of alkyl halides is 2. The molecule has 1 aliphatic carbocycles. The van der Waals surface area contributed by atoms with E-state index in [-0.39, 0.29) is 17.7 Å². The predicted octanol–water partition coefficient (Wildman–Crippen LogP) is 3.24. The van der Waals surface area contributed by atoms with Crippen molar-refractivity contribution in [1.82, 2.24) is 9.97 Å². The first-order valence-corrected chi connectivity index (χ1v) is 10.7. The number of carbonyl (C=O) groups is 2. The number of aryl methyl sites for hydroxylation is 1. The summed E-state index contributed by atoms with van der Waals surface area (Å²) in [7, 11) is 1.32. The van der Waals surface area contributed by atoms with E-state index >= 15 is 0 Å². The van der Waals surface area contributed by atoms with E-state index in [9.17, 15) is 18.4 Å². The van der Waals surface area contributed by atoms with Gasteiger partial charge in [0.25, 0.3) is 5.91 Å². The zero-order valence-electron chi connectivity index (χ0n) is 18.1. The van der Waals surface area contributed by atoms with Gasteiger partial charge < -0.3 is 20.9 Å². The number of hydrogen-bond donors (Lipinski definition) is 2. The molecule has 8 nitrogen and oxygen atoms in total. The number of primary amides is 1. The van der Waals surface area contributed by atoms with E-state index in [1.165, 1.54) is 13.2 Å². The van der Waals surface area contributed by atoms with Gasteiger partial charge in [-0.3, -0.25) is 9.59 Å². The van der Waals surface area contributed by atoms with Gasteiger partial charge in [-0.1, -0.05) is 19.8 Å². The lowest BCUT2D eigenvalue weighted by molar-refractivity contribution is -0.140. The molecule has 0 atom stereocenters. The third-order valence-electron chi connectivity index (χ3n) is 6.15. The second kappa shape index (κ2) is 8.33. The molecular weight excluding hydrogens is 418 g/mol. The molecule has 4 rings (SSSR count). The summed E-state index contributed by atoms with van der Waals surface area (Å²) in [6.45, 7) is 1.23. The van der Waals surface area contributed by atoms with Crippen LogP contribution < -0.4 is 20.9 Å². The van der Waals surface area contributed by atoms with Gasteiger partial charge >= 0.3 is 5.92 Å². The minimum Gasteiger partial charge on any atom is -0.366 e. The molecule has 1 fully saturated rings. The van der Waals surface area contributed by atoms with Crippen LogP contribution in [0.25, 0.3) is 0 Å². The molecule has 2 aliphatic rings. The van der Waals surface area contributed by atoms with Crippen molar-refractivity contribution in [3.8, 4) is 0 Å². The fourth-order valence-electron chi connectivity index (χ4n) is 4.39. The van der Waals surface area contributed by atoms with E-state index in [2.05, 4.69) is 15.3 Å². The van der Waals surface area contributed by atoms with Crippen molar-refractivity contribution in [1.29, 1.82) is 0 Å². The van der Waals surface area contributed by atoms with Gasteiger partial charge in [0.15, 0.2) is 5.82 Å². The molecule has 10 heteroatoms. The summed E-state index contributed by atoms with van der Waals surface area (Å²) in [4.78, 5) is 35.2. The van der Waals surface area contributed by atoms with Crippen LogP contribution in [0.1, 0.15) is 48.5 Å². The predicted molar refractivity (Wildman–Crippen MR) is 118 cm³/mol. The lowest BCUT2D eigenvalue weighted by Gasteiger charge is -2.31. The number of rotatable bonds is 5. The van der Waals surface area contributed by atoms with Crippen LogP contribution in [0, 0.1) is 0 Å². The van der Waals surface area contributed by atoms with E-state index < -0.39 is 24.3 Å². The third kappa shape index (κ3) is 3.96. The molecule has 0 saturated heterocycles. The maximum Gasteiger partial charge on any atom is 0.342 e. The van der Waals surface area contributed by atoms with E-state index in [0.29, 0.717) is 23.5 Å². The summed E-state index contributed by atoms with van der Waals surface area (Å²) < 4.78 is 29.4. The third-order valence-corrected chi connectivity index (χ3v) is 6.15. The van der Waals surface area contributed by atoms with Gasteiger partial charge in [0.1, 0.15) is 5.69 Å². The summed E-state index contributed by atoms with van der Waals surface area (Å²) in [6.07, 6.45) is 5.48. The number of amides is 2. The molecule has 1 aromatic carbocycles. The van der Waals surface area contributed by atoms with Crippen LogP contribution in [0.3, 0.4) is 0 Å². The number of nitrogens with two attached hydrogens (primary N) is 1. The molecule has 1 aromatic heterocycles. The fourth-order valence-corrected chi connectivity index (χ4v) is 4.39. The standard InChI is InChI=1S/C22H26F2N6O2/c1-3-13-10-14(18(25)31)8-9-16(13)27-21-26-11-17-19(28-21)30(15-6-4-5-7-15)12-22(23,24)20(32)29(17)2/h8-11,15H,3-7,12H2,1-2H3,(H2,25,31)(H,26,27,28). The zero-order chi connectivity index (χ0) is 23.0. The van der Waals surface area contributed by atoms with Crippen LogP contribution in [0.5, 0.6) is 0 Å². The van der Waals surface area contributed by atoms with Crippen LogP contribution >= 0.6 is 0 Å². The van der Waals surface area contributed by atoms with Crippen molar-refractivity contribution in [3.63, 3.8) is 0 Å². The molecule has 0 bridgehead atoms. The summed E-state index contributed by atoms with van der Waals surface area (Å²) in [5.41, 5.74) is 7.54. The highest BCUT2D eigenvalue weighted by Crippen LogP contribution is 2.39. The first-order chi connectivity index (χ1) is 15.2. The molecule has 0 radical (unpaired) electrons. The molecule has 1 saturated carbocycles. The zero-order valence-corrected chi connectivity index (χ0v) is 18.1. The van der Waals surface area contributed by atoms with Crippen molar-refractivity contribution in [2.45, 2.75) is 51.0 Å². The number of nitrogens with one attached hydrogen (secondary N) is 1. The van der Waals surface area contributed by atoms with Crippen LogP contribution in [0.15, 0.2) is 24.4 Å². The van der Waals surface area contributed by atoms with E-state index in [1.54, 1.807) is 23.1 Å². The van der Waals surface area contributed by atoms with E-state index in [0.717, 1.165) is 36.1 Å². The van der Waals surface area contributed by atoms with Gasteiger partial charge in [0, 0.05) is 24.3 Å². The first kappa shape index (κ1) is 21.9. The molecule has 2 amide bonds. The Morgan fingerprint density at radius 1 is 1.31 bits per heavy atom. The lowest BCUT2D eigenvalue weighted by atomic mass is 10.1. The monoisotopic (exact) mass is 444 g/mol. The Morgan fingerprint density at radius 3 is 2.69 bits per heavy atom. The smallest absolute Gasteiger partial charge is 0.342 e. The summed E-state index contributed by atoms with van der Waals surface area (Å²) in [5, 5.41) is 3.13. The molecule has 2 aromatic rings. The van der Waals surface area contributed by atoms with Gasteiger partial charge in [0.2, 0.25) is 11.9 Å². The number of halogens is 2. The SMILES string of the molecule is CCc1cc(C(N)=O)ccc1Nc1ncc2c(n1)N(C1CCCC1)CC(F)(F)C(=O)N2C. The average molecular weight is 444 g/mol. The maximum absolute atomic E-state index is 14.7. The van der Waals surface area contributed by atoms with Crippen molar-refractivity contribution in [2.24, 2.45) is 5.73 Å². The summed E-state index contributed by atoms with van der Waals surface area (Å²) in [6, 6.07) is 4.91. The topological polar surface area (TPSA) is 104 Å². The van der Waals surface area contributed by atoms with Crippen molar-refractivity contribution in [3.05, 3.63) is 35.5 Å². The lowest BCUT2D eigenvalue weighted by Crippen LogP contribution is -2.48. The Balaban J connectivity index is 1.74. The van der Waals surface area contributed by atoms with E-state index in [4.69, 9.17) is 5.73 Å². The van der Waals surface area contributed by atoms with Crippen LogP contribution in [-0.4, -0.2) is 47.3 Å². The summed E-state index contributed by atoms with van der Waals surface area (Å²) in [5.74, 6) is -4.77. The number of benzene rings is 1. The number of aromatic nitrogens is 2. The highest BCUT2D eigenvalue weighted by Gasteiger charge is 2.48. The molecular formula is C22H26F2N6O2. The molecule has 170 valence electrons. The summed E-state index contributed by atoms with van der Waals surface area (Å²) >= 11 is 0. The highest BCUT2D eigenvalue weighted by atomic mass is 19.3. The van der Waals surface area contributed by atoms with Crippen LogP contribution in [0.2, 0.25) is 0 Å². The second-order valence-corrected chi connectivity index (χ2v) is 8.25. The maximum atomic E-state index is 14.7. The van der Waals surface area contributed by atoms with Gasteiger partial charge in [-0.05, 0) is 43.0 Å². The minimum atomic E-state index is -3.52. The number of carbonyl (C=O) groups excluding carboxylic acids is 2. The molecule has 3 N–H and O–H groups in total. The Morgan fingerprint density at radius 2 is 2.03 bits per heavy atom. The van der Waals surface area contributed by atoms with Crippen molar-refractivity contribution in [2.75, 3.05) is 28.7 Å². The largest absolute Gasteiger partial charge is 0.366 e. The average Bonchev–Trinajstić information content (AvgIpc) is 3.29. The molecule has 0 unspecified atom stereocenters. The van der Waals surface area contributed by atoms with Crippen molar-refractivity contribution < 1.29 is 18.4 Å². The minimum absolute atomic E-state index is 0.109. The number of fused-ring (bicyclic) bond motifs is 1. The molecule has 32 heavy (non-hydrogen) atoms. The quantitative estimate of drug-likeness (QED) is 0.734. The number of anilines is 4. The molecule has 2 heterocycles. The van der Waals surface area contributed by atoms with Crippen molar-refractivity contribution >= 4 is 35.0 Å². The van der Waals surface area contributed by atoms with Gasteiger partial charge in [-0.2, -0.15) is 13.8 Å². The molecule has 1 aliphatic heterocycles. The van der Waals surface area contributed by atoms with Gasteiger partial charge in [0.05, 0.1) is 12.7 Å². The normalized spacial score (nSPS) is 18.4.